The van der Waals surface area contributed by atoms with Gasteiger partial charge in [-0.25, -0.2) is 0 Å². The summed E-state index contributed by atoms with van der Waals surface area (Å²) in [5, 5.41) is 2.54. The Morgan fingerprint density at radius 3 is 1.81 bits per heavy atom. The maximum atomic E-state index is 2.56. The van der Waals surface area contributed by atoms with E-state index in [4.69, 9.17) is 0 Å². The maximum Gasteiger partial charge on any atom is 0.247 e. The molecule has 0 saturated heterocycles. The molecule has 0 atom stereocenters. The van der Waals surface area contributed by atoms with Gasteiger partial charge in [0, 0.05) is 50.3 Å². The van der Waals surface area contributed by atoms with Crippen molar-refractivity contribution in [2.45, 2.75) is 45.4 Å². The van der Waals surface area contributed by atoms with Crippen LogP contribution in [0.3, 0.4) is 0 Å². The van der Waals surface area contributed by atoms with E-state index in [-0.39, 0.29) is 17.5 Å². The van der Waals surface area contributed by atoms with Gasteiger partial charge in [0.2, 0.25) is 6.71 Å². The van der Waals surface area contributed by atoms with Gasteiger partial charge in [-0.2, -0.15) is 0 Å². The first-order valence-corrected chi connectivity index (χ1v) is 20.9. The summed E-state index contributed by atoms with van der Waals surface area (Å²) in [6.45, 7) is 11.7. The molecule has 0 unspecified atom stereocenters. The number of nitrogens with zero attached hydrogens (tertiary/aromatic N) is 3. The lowest BCUT2D eigenvalue weighted by molar-refractivity contribution is 0.590. The van der Waals surface area contributed by atoms with Crippen LogP contribution in [-0.4, -0.2) is 11.3 Å². The predicted octanol–water partition coefficient (Wildman–Crippen LogP) is 12.5. The number of hydrogen-bond donors (Lipinski definition) is 0. The van der Waals surface area contributed by atoms with E-state index in [1.165, 1.54) is 77.6 Å². The Morgan fingerprint density at radius 1 is 0.508 bits per heavy atom. The molecule has 8 aromatic carbocycles. The fourth-order valence-electron chi connectivity index (χ4n) is 10.2. The van der Waals surface area contributed by atoms with Crippen LogP contribution in [0.25, 0.3) is 27.5 Å². The van der Waals surface area contributed by atoms with Crippen LogP contribution in [0.1, 0.15) is 51.3 Å². The van der Waals surface area contributed by atoms with E-state index in [1.807, 2.05) is 0 Å². The molecule has 0 spiro atoms. The molecule has 3 nitrogen and oxygen atoms in total. The number of para-hydroxylation sites is 4. The number of rotatable bonds is 5. The Hall–Kier alpha value is -6.78. The van der Waals surface area contributed by atoms with Gasteiger partial charge >= 0.3 is 0 Å². The number of hydrogen-bond acceptors (Lipinski definition) is 2. The highest BCUT2D eigenvalue weighted by molar-refractivity contribution is 6.99. The fourth-order valence-corrected chi connectivity index (χ4v) is 10.2. The van der Waals surface area contributed by atoms with Gasteiger partial charge in [0.1, 0.15) is 0 Å². The van der Waals surface area contributed by atoms with Gasteiger partial charge in [-0.05, 0) is 112 Å². The zero-order valence-corrected chi connectivity index (χ0v) is 34.3. The monoisotopic (exact) mass is 759 g/mol. The van der Waals surface area contributed by atoms with Crippen LogP contribution in [0.5, 0.6) is 0 Å². The Balaban J connectivity index is 1.20. The van der Waals surface area contributed by atoms with Crippen molar-refractivity contribution < 1.29 is 0 Å². The second kappa shape index (κ2) is 13.1. The highest BCUT2D eigenvalue weighted by Gasteiger charge is 2.47. The molecular formula is C55H46BN3. The van der Waals surface area contributed by atoms with E-state index in [0.717, 1.165) is 17.1 Å². The Morgan fingerprint density at radius 2 is 1.14 bits per heavy atom. The van der Waals surface area contributed by atoms with E-state index in [1.54, 1.807) is 0 Å². The van der Waals surface area contributed by atoms with Crippen LogP contribution < -0.4 is 26.2 Å². The molecule has 11 rings (SSSR count). The summed E-state index contributed by atoms with van der Waals surface area (Å²) in [6.07, 6.45) is 0. The van der Waals surface area contributed by atoms with Crippen LogP contribution in [0.15, 0.2) is 188 Å². The first-order valence-electron chi connectivity index (χ1n) is 20.9. The third-order valence-electron chi connectivity index (χ3n) is 13.0. The molecule has 0 saturated carbocycles. The van der Waals surface area contributed by atoms with Crippen molar-refractivity contribution in [3.63, 3.8) is 0 Å². The molecule has 59 heavy (non-hydrogen) atoms. The maximum absolute atomic E-state index is 2.56. The minimum absolute atomic E-state index is 0.0488. The fraction of sp³-hybridized carbons (Fsp3) is 0.127. The van der Waals surface area contributed by atoms with Crippen molar-refractivity contribution in [2.24, 2.45) is 0 Å². The van der Waals surface area contributed by atoms with Gasteiger partial charge in [-0.1, -0.05) is 149 Å². The quantitative estimate of drug-likeness (QED) is 0.162. The summed E-state index contributed by atoms with van der Waals surface area (Å²) in [7, 11) is 0. The molecular weight excluding hydrogens is 713 g/mol. The molecule has 0 aliphatic carbocycles. The largest absolute Gasteiger partial charge is 0.311 e. The summed E-state index contributed by atoms with van der Waals surface area (Å²) < 4.78 is 2.47. The first-order chi connectivity index (χ1) is 28.7. The van der Waals surface area contributed by atoms with Gasteiger partial charge < -0.3 is 14.4 Å². The number of anilines is 6. The smallest absolute Gasteiger partial charge is 0.247 e. The van der Waals surface area contributed by atoms with E-state index in [9.17, 15) is 0 Å². The van der Waals surface area contributed by atoms with Crippen LogP contribution in [-0.2, 0) is 10.8 Å². The van der Waals surface area contributed by atoms with Crippen molar-refractivity contribution >= 4 is 79.0 Å². The molecule has 2 aliphatic heterocycles. The highest BCUT2D eigenvalue weighted by atomic mass is 15.2. The second-order valence-electron chi connectivity index (χ2n) is 17.8. The number of fused-ring (bicyclic) bond motifs is 8. The first kappa shape index (κ1) is 35.4. The minimum atomic E-state index is -0.258. The average Bonchev–Trinajstić information content (AvgIpc) is 3.60. The molecule has 0 bridgehead atoms. The minimum Gasteiger partial charge on any atom is -0.311 e. The normalized spacial score (nSPS) is 13.9. The van der Waals surface area contributed by atoms with Crippen LogP contribution in [0.2, 0.25) is 0 Å². The molecule has 0 N–H and O–H groups in total. The Labute approximate surface area is 347 Å². The van der Waals surface area contributed by atoms with E-state index in [2.05, 4.69) is 237 Å². The molecule has 284 valence electrons. The van der Waals surface area contributed by atoms with Gasteiger partial charge in [-0.15, -0.1) is 0 Å². The average molecular weight is 760 g/mol. The summed E-state index contributed by atoms with van der Waals surface area (Å²) in [4.78, 5) is 4.95. The van der Waals surface area contributed by atoms with Crippen molar-refractivity contribution in [3.05, 3.63) is 205 Å². The van der Waals surface area contributed by atoms with Gasteiger partial charge in [0.05, 0.1) is 16.7 Å². The van der Waals surface area contributed by atoms with Crippen molar-refractivity contribution in [2.75, 3.05) is 9.80 Å². The van der Waals surface area contributed by atoms with Crippen molar-refractivity contribution in [1.29, 1.82) is 0 Å². The van der Waals surface area contributed by atoms with E-state index in [0.29, 0.717) is 0 Å². The van der Waals surface area contributed by atoms with Crippen molar-refractivity contribution in [3.8, 4) is 5.69 Å². The number of benzene rings is 8. The van der Waals surface area contributed by atoms with Crippen molar-refractivity contribution in [1.82, 2.24) is 4.57 Å². The third-order valence-corrected chi connectivity index (χ3v) is 13.0. The second-order valence-corrected chi connectivity index (χ2v) is 17.8. The van der Waals surface area contributed by atoms with Gasteiger partial charge in [0.25, 0.3) is 0 Å². The zero-order chi connectivity index (χ0) is 40.0. The SMILES string of the molecule is CC(C)(C)c1ccc(-n2c3ccccc3c3c4c(ccc32)B2c3ccc(N(c5ccccc5)c5ccccc5)cc3C(C)(C)c3cccc(c32)N4c2ccccc2)cc1. The molecule has 1 aromatic heterocycles. The molecule has 0 amide bonds. The predicted molar refractivity (Wildman–Crippen MR) is 252 cm³/mol. The topological polar surface area (TPSA) is 11.4 Å². The molecule has 9 aromatic rings. The standard InChI is InChI=1S/C55H46BN3/c1-54(2,3)37-28-30-41(31-29-37)58-48-26-16-15-24-43(48)51-49(58)35-34-47-53(51)59(40-22-13-8-14-23-40)50-27-17-25-44-52(50)56(47)46-33-32-42(36-45(46)55(44,4)5)57(38-18-9-6-10-19-38)39-20-11-7-12-21-39/h6-36H,1-5H3. The Bertz CT molecular complexity index is 3010. The lowest BCUT2D eigenvalue weighted by atomic mass is 9.30. The zero-order valence-electron chi connectivity index (χ0n) is 34.3. The van der Waals surface area contributed by atoms with Gasteiger partial charge in [0.15, 0.2) is 0 Å². The van der Waals surface area contributed by atoms with Crippen LogP contribution in [0, 0.1) is 0 Å². The molecule has 4 heteroatoms. The van der Waals surface area contributed by atoms with Gasteiger partial charge in [-0.3, -0.25) is 0 Å². The summed E-state index contributed by atoms with van der Waals surface area (Å²) in [5.41, 5.74) is 18.7. The van der Waals surface area contributed by atoms with Crippen LogP contribution in [0.4, 0.5) is 34.1 Å². The molecule has 0 radical (unpaired) electrons. The third kappa shape index (κ3) is 5.36. The molecule has 2 aliphatic rings. The summed E-state index contributed by atoms with van der Waals surface area (Å²) in [6, 6.07) is 69.8. The lowest BCUT2D eigenvalue weighted by Crippen LogP contribution is -2.64. The summed E-state index contributed by atoms with van der Waals surface area (Å²) in [5.74, 6) is 0. The van der Waals surface area contributed by atoms with E-state index < -0.39 is 0 Å². The molecule has 0 fully saturated rings. The molecule has 3 heterocycles. The number of aromatic nitrogens is 1. The Kier molecular flexibility index (Phi) is 7.87. The summed E-state index contributed by atoms with van der Waals surface area (Å²) >= 11 is 0. The van der Waals surface area contributed by atoms with Crippen LogP contribution >= 0.6 is 0 Å². The lowest BCUT2D eigenvalue weighted by Gasteiger charge is -2.46. The van der Waals surface area contributed by atoms with E-state index >= 15 is 0 Å². The highest BCUT2D eigenvalue weighted by Crippen LogP contribution is 2.48.